The first-order chi connectivity index (χ1) is 13.9. The molecule has 0 unspecified atom stereocenters. The number of Topliss-reactive ketones (excluding diaryl/α,β-unsaturated/α-hetero) is 1. The van der Waals surface area contributed by atoms with Crippen LogP contribution < -0.4 is 0 Å². The van der Waals surface area contributed by atoms with Crippen LogP contribution in [0.5, 0.6) is 0 Å². The fourth-order valence-corrected chi connectivity index (χ4v) is 4.36. The molecular weight excluding hydrogens is 415 g/mol. The quantitative estimate of drug-likeness (QED) is 0.305. The third kappa shape index (κ3) is 4.70. The molecule has 10 heteroatoms. The van der Waals surface area contributed by atoms with Crippen LogP contribution in [0.2, 0.25) is 0 Å². The Kier molecular flexibility index (Phi) is 6.75. The van der Waals surface area contributed by atoms with E-state index in [2.05, 4.69) is 15.2 Å². The van der Waals surface area contributed by atoms with Crippen molar-refractivity contribution in [3.8, 4) is 11.4 Å². The number of benzene rings is 1. The van der Waals surface area contributed by atoms with Crippen LogP contribution >= 0.6 is 23.1 Å². The number of carbonyl (C=O) groups excluding carboxylic acids is 2. The summed E-state index contributed by atoms with van der Waals surface area (Å²) in [5.74, 6) is -2.09. The molecule has 0 saturated carbocycles. The van der Waals surface area contributed by atoms with Crippen LogP contribution in [0.15, 0.2) is 34.8 Å². The third-order valence-corrected chi connectivity index (χ3v) is 6.09. The van der Waals surface area contributed by atoms with Crippen LogP contribution in [0, 0.1) is 12.7 Å². The van der Waals surface area contributed by atoms with Crippen LogP contribution in [0.1, 0.15) is 23.5 Å². The molecule has 0 saturated heterocycles. The van der Waals surface area contributed by atoms with Gasteiger partial charge in [0.05, 0.1) is 17.9 Å². The predicted octanol–water partition coefficient (Wildman–Crippen LogP) is 3.39. The molecule has 7 nitrogen and oxygen atoms in total. The van der Waals surface area contributed by atoms with E-state index in [9.17, 15) is 14.0 Å². The number of ketones is 1. The molecule has 0 spiro atoms. The summed E-state index contributed by atoms with van der Waals surface area (Å²) in [4.78, 5) is 29.4. The van der Waals surface area contributed by atoms with E-state index < -0.39 is 17.7 Å². The Balaban J connectivity index is 1.77. The van der Waals surface area contributed by atoms with Gasteiger partial charge >= 0.3 is 5.97 Å². The Morgan fingerprint density at radius 2 is 2.07 bits per heavy atom. The van der Waals surface area contributed by atoms with Crippen LogP contribution in [0.25, 0.3) is 11.4 Å². The van der Waals surface area contributed by atoms with Gasteiger partial charge in [-0.05, 0) is 26.0 Å². The lowest BCUT2D eigenvalue weighted by Gasteiger charge is -2.12. The van der Waals surface area contributed by atoms with Crippen LogP contribution in [0.4, 0.5) is 4.39 Å². The Bertz CT molecular complexity index is 1030. The first-order valence-electron chi connectivity index (χ1n) is 8.80. The zero-order valence-corrected chi connectivity index (χ0v) is 17.7. The number of thioether (sulfide) groups is 1. The number of hydrogen-bond donors (Lipinski definition) is 0. The van der Waals surface area contributed by atoms with Crippen molar-refractivity contribution in [2.75, 3.05) is 12.4 Å². The molecule has 0 aliphatic rings. The van der Waals surface area contributed by atoms with Gasteiger partial charge in [0.2, 0.25) is 0 Å². The number of ether oxygens (including phenoxy) is 1. The van der Waals surface area contributed by atoms with Gasteiger partial charge in [-0.15, -0.1) is 21.5 Å². The molecule has 0 fully saturated rings. The summed E-state index contributed by atoms with van der Waals surface area (Å²) in [7, 11) is 1.70. The minimum absolute atomic E-state index is 0.0225. The standard InChI is InChI=1S/C19H19FN4O3S2/c1-4-27-18(26)15(17-21-11(2)9-28-17)14(25)10-29-19-23-22-16(24(19)3)12-7-5-6-8-13(12)20/h5-9,15H,4,10H2,1-3H3/t15-/m1/s1. The lowest BCUT2D eigenvalue weighted by molar-refractivity contribution is -0.147. The number of thiazole rings is 1. The second-order valence-corrected chi connectivity index (χ2v) is 7.94. The smallest absolute Gasteiger partial charge is 0.323 e. The van der Waals surface area contributed by atoms with Crippen molar-refractivity contribution in [2.24, 2.45) is 7.05 Å². The van der Waals surface area contributed by atoms with E-state index in [-0.39, 0.29) is 18.1 Å². The van der Waals surface area contributed by atoms with E-state index in [1.807, 2.05) is 0 Å². The summed E-state index contributed by atoms with van der Waals surface area (Å²) in [5, 5.41) is 10.7. The highest BCUT2D eigenvalue weighted by molar-refractivity contribution is 7.99. The third-order valence-electron chi connectivity index (χ3n) is 4.02. The Labute approximate surface area is 175 Å². The first-order valence-corrected chi connectivity index (χ1v) is 10.7. The highest BCUT2D eigenvalue weighted by Gasteiger charge is 2.32. The van der Waals surface area contributed by atoms with Gasteiger partial charge in [-0.1, -0.05) is 23.9 Å². The zero-order chi connectivity index (χ0) is 21.0. The van der Waals surface area contributed by atoms with Gasteiger partial charge in [0.15, 0.2) is 22.7 Å². The average molecular weight is 435 g/mol. The van der Waals surface area contributed by atoms with Crippen molar-refractivity contribution in [3.63, 3.8) is 0 Å². The van der Waals surface area contributed by atoms with E-state index in [0.717, 1.165) is 17.5 Å². The fourth-order valence-electron chi connectivity index (χ4n) is 2.64. The molecule has 0 bridgehead atoms. The number of hydrogen-bond acceptors (Lipinski definition) is 8. The van der Waals surface area contributed by atoms with Gasteiger partial charge in [0.25, 0.3) is 0 Å². The second kappa shape index (κ2) is 9.27. The molecular formula is C19H19FN4O3S2. The summed E-state index contributed by atoms with van der Waals surface area (Å²) in [6, 6.07) is 6.27. The molecule has 1 aromatic carbocycles. The lowest BCUT2D eigenvalue weighted by Crippen LogP contribution is -2.25. The van der Waals surface area contributed by atoms with Gasteiger partial charge < -0.3 is 9.30 Å². The first kappa shape index (κ1) is 21.1. The van der Waals surface area contributed by atoms with E-state index in [0.29, 0.717) is 21.6 Å². The van der Waals surface area contributed by atoms with Gasteiger partial charge in [-0.25, -0.2) is 9.37 Å². The van der Waals surface area contributed by atoms with E-state index in [4.69, 9.17) is 4.74 Å². The monoisotopic (exact) mass is 434 g/mol. The van der Waals surface area contributed by atoms with E-state index in [1.165, 1.54) is 17.4 Å². The Morgan fingerprint density at radius 3 is 2.72 bits per heavy atom. The number of aryl methyl sites for hydroxylation is 1. The fraction of sp³-hybridized carbons (Fsp3) is 0.316. The van der Waals surface area contributed by atoms with Crippen LogP contribution in [-0.2, 0) is 21.4 Å². The number of aromatic nitrogens is 4. The van der Waals surface area contributed by atoms with Crippen molar-refractivity contribution >= 4 is 34.9 Å². The molecule has 29 heavy (non-hydrogen) atoms. The number of halogens is 1. The molecule has 0 aliphatic heterocycles. The summed E-state index contributed by atoms with van der Waals surface area (Å²) in [6.45, 7) is 3.66. The summed E-state index contributed by atoms with van der Waals surface area (Å²) in [5.41, 5.74) is 1.06. The minimum atomic E-state index is -1.07. The molecule has 1 atom stereocenters. The summed E-state index contributed by atoms with van der Waals surface area (Å²) >= 11 is 2.38. The number of nitrogens with zero attached hydrogens (tertiary/aromatic N) is 4. The van der Waals surface area contributed by atoms with Gasteiger partial charge in [0.1, 0.15) is 10.8 Å². The minimum Gasteiger partial charge on any atom is -0.465 e. The highest BCUT2D eigenvalue weighted by Crippen LogP contribution is 2.28. The van der Waals surface area contributed by atoms with Crippen molar-refractivity contribution in [3.05, 3.63) is 46.2 Å². The molecule has 2 aromatic heterocycles. The molecule has 3 aromatic rings. The van der Waals surface area contributed by atoms with Crippen molar-refractivity contribution in [1.82, 2.24) is 19.7 Å². The maximum absolute atomic E-state index is 14.0. The maximum atomic E-state index is 14.0. The van der Waals surface area contributed by atoms with Crippen molar-refractivity contribution in [1.29, 1.82) is 0 Å². The van der Waals surface area contributed by atoms with Gasteiger partial charge in [-0.3, -0.25) is 9.59 Å². The van der Waals surface area contributed by atoms with Crippen LogP contribution in [0.3, 0.4) is 0 Å². The van der Waals surface area contributed by atoms with E-state index >= 15 is 0 Å². The van der Waals surface area contributed by atoms with Gasteiger partial charge in [-0.2, -0.15) is 0 Å². The normalized spacial score (nSPS) is 12.0. The summed E-state index contributed by atoms with van der Waals surface area (Å²) < 4.78 is 20.7. The number of carbonyl (C=O) groups is 2. The SMILES string of the molecule is CCOC(=O)[C@H](C(=O)CSc1nnc(-c2ccccc2F)n1C)c1nc(C)cs1. The lowest BCUT2D eigenvalue weighted by atomic mass is 10.1. The molecule has 0 radical (unpaired) electrons. The summed E-state index contributed by atoms with van der Waals surface area (Å²) in [6.07, 6.45) is 0. The molecule has 2 heterocycles. The largest absolute Gasteiger partial charge is 0.465 e. The van der Waals surface area contributed by atoms with Gasteiger partial charge in [0, 0.05) is 18.1 Å². The number of esters is 1. The molecule has 0 N–H and O–H groups in total. The zero-order valence-electron chi connectivity index (χ0n) is 16.1. The average Bonchev–Trinajstić information content (AvgIpc) is 3.27. The predicted molar refractivity (Wildman–Crippen MR) is 108 cm³/mol. The second-order valence-electron chi connectivity index (χ2n) is 6.11. The number of rotatable bonds is 8. The van der Waals surface area contributed by atoms with Crippen molar-refractivity contribution < 1.29 is 18.7 Å². The topological polar surface area (TPSA) is 87.0 Å². The van der Waals surface area contributed by atoms with Crippen LogP contribution in [-0.4, -0.2) is 43.9 Å². The van der Waals surface area contributed by atoms with E-state index in [1.54, 1.807) is 49.0 Å². The maximum Gasteiger partial charge on any atom is 0.323 e. The highest BCUT2D eigenvalue weighted by atomic mass is 32.2. The Morgan fingerprint density at radius 1 is 1.31 bits per heavy atom. The Hall–Kier alpha value is -2.59. The molecule has 3 rings (SSSR count). The molecule has 0 aliphatic carbocycles. The molecule has 0 amide bonds. The molecule has 152 valence electrons. The van der Waals surface area contributed by atoms with Crippen molar-refractivity contribution in [2.45, 2.75) is 24.9 Å².